The molecule has 6 nitrogen and oxygen atoms in total. The van der Waals surface area contributed by atoms with Crippen molar-refractivity contribution in [3.63, 3.8) is 0 Å². The maximum atomic E-state index is 12.7. The van der Waals surface area contributed by atoms with Crippen LogP contribution in [0, 0.1) is 13.8 Å². The SMILES string of the molecule is Cc1cc(C)n(-c2cccc(NC(=O)N3CCN(c4cccc(Cl)c4)CC3)c2)n1. The third-order valence-corrected chi connectivity index (χ3v) is 5.33. The van der Waals surface area contributed by atoms with Crippen LogP contribution in [0.25, 0.3) is 5.69 Å². The summed E-state index contributed by atoms with van der Waals surface area (Å²) in [7, 11) is 0. The summed E-state index contributed by atoms with van der Waals surface area (Å²) in [6, 6.07) is 17.5. The van der Waals surface area contributed by atoms with Gasteiger partial charge >= 0.3 is 6.03 Å². The van der Waals surface area contributed by atoms with Gasteiger partial charge in [-0.2, -0.15) is 5.10 Å². The van der Waals surface area contributed by atoms with Gasteiger partial charge in [-0.25, -0.2) is 9.48 Å². The highest BCUT2D eigenvalue weighted by molar-refractivity contribution is 6.30. The van der Waals surface area contributed by atoms with Gasteiger partial charge in [-0.15, -0.1) is 0 Å². The molecule has 0 atom stereocenters. The van der Waals surface area contributed by atoms with Gasteiger partial charge in [0.2, 0.25) is 0 Å². The number of urea groups is 1. The van der Waals surface area contributed by atoms with Crippen molar-refractivity contribution < 1.29 is 4.79 Å². The fourth-order valence-electron chi connectivity index (χ4n) is 3.65. The van der Waals surface area contributed by atoms with Crippen LogP contribution in [0.3, 0.4) is 0 Å². The minimum Gasteiger partial charge on any atom is -0.368 e. The van der Waals surface area contributed by atoms with Gasteiger partial charge < -0.3 is 15.1 Å². The number of halogens is 1. The molecule has 150 valence electrons. The van der Waals surface area contributed by atoms with Gasteiger partial charge in [-0.3, -0.25) is 0 Å². The summed E-state index contributed by atoms with van der Waals surface area (Å²) in [6.07, 6.45) is 0. The normalized spacial score (nSPS) is 14.2. The second-order valence-electron chi connectivity index (χ2n) is 7.27. The second kappa shape index (κ2) is 8.17. The summed E-state index contributed by atoms with van der Waals surface area (Å²) in [5.41, 5.74) is 4.81. The van der Waals surface area contributed by atoms with Gasteiger partial charge in [0.05, 0.1) is 11.4 Å². The molecule has 1 aromatic heterocycles. The van der Waals surface area contributed by atoms with Crippen LogP contribution in [0.15, 0.2) is 54.6 Å². The van der Waals surface area contributed by atoms with E-state index in [1.165, 1.54) is 0 Å². The van der Waals surface area contributed by atoms with E-state index in [4.69, 9.17) is 11.6 Å². The largest absolute Gasteiger partial charge is 0.368 e. The molecule has 7 heteroatoms. The number of carbonyl (C=O) groups is 1. The molecule has 1 N–H and O–H groups in total. The molecule has 29 heavy (non-hydrogen) atoms. The standard InChI is InChI=1S/C22H24ClN5O/c1-16-13-17(2)28(25-16)21-8-4-6-19(15-21)24-22(29)27-11-9-26(10-12-27)20-7-3-5-18(23)14-20/h3-8,13-15H,9-12H2,1-2H3,(H,24,29). The molecule has 1 fully saturated rings. The number of nitrogens with zero attached hydrogens (tertiary/aromatic N) is 4. The predicted octanol–water partition coefficient (Wildman–Crippen LogP) is 4.50. The highest BCUT2D eigenvalue weighted by Gasteiger charge is 2.21. The van der Waals surface area contributed by atoms with Gasteiger partial charge in [0.1, 0.15) is 0 Å². The quantitative estimate of drug-likeness (QED) is 0.693. The number of anilines is 2. The number of aromatic nitrogens is 2. The zero-order valence-electron chi connectivity index (χ0n) is 16.6. The van der Waals surface area contributed by atoms with Crippen molar-refractivity contribution in [3.05, 3.63) is 71.0 Å². The van der Waals surface area contributed by atoms with E-state index in [1.54, 1.807) is 0 Å². The van der Waals surface area contributed by atoms with Crippen LogP contribution in [0.1, 0.15) is 11.4 Å². The minimum absolute atomic E-state index is 0.0822. The van der Waals surface area contributed by atoms with E-state index in [1.807, 2.05) is 78.0 Å². The number of benzene rings is 2. The summed E-state index contributed by atoms with van der Waals surface area (Å²) >= 11 is 6.09. The monoisotopic (exact) mass is 409 g/mol. The van der Waals surface area contributed by atoms with Crippen molar-refractivity contribution in [1.29, 1.82) is 0 Å². The molecule has 2 aromatic carbocycles. The number of amides is 2. The average molecular weight is 410 g/mol. The first kappa shape index (κ1) is 19.3. The lowest BCUT2D eigenvalue weighted by atomic mass is 10.2. The van der Waals surface area contributed by atoms with E-state index in [9.17, 15) is 4.79 Å². The number of piperazine rings is 1. The Bertz CT molecular complexity index is 1020. The molecule has 0 unspecified atom stereocenters. The summed E-state index contributed by atoms with van der Waals surface area (Å²) in [5.74, 6) is 0. The number of aryl methyl sites for hydroxylation is 2. The molecule has 1 aliphatic rings. The van der Waals surface area contributed by atoms with Gasteiger partial charge in [0.15, 0.2) is 0 Å². The Morgan fingerprint density at radius 3 is 2.38 bits per heavy atom. The molecule has 0 radical (unpaired) electrons. The fourth-order valence-corrected chi connectivity index (χ4v) is 3.83. The minimum atomic E-state index is -0.0822. The van der Waals surface area contributed by atoms with Crippen LogP contribution in [-0.4, -0.2) is 46.9 Å². The van der Waals surface area contributed by atoms with Crippen molar-refractivity contribution in [2.24, 2.45) is 0 Å². The van der Waals surface area contributed by atoms with Gasteiger partial charge in [-0.05, 0) is 56.3 Å². The Balaban J connectivity index is 1.39. The molecule has 0 saturated carbocycles. The van der Waals surface area contributed by atoms with Crippen LogP contribution >= 0.6 is 11.6 Å². The lowest BCUT2D eigenvalue weighted by Crippen LogP contribution is -2.50. The van der Waals surface area contributed by atoms with E-state index in [0.717, 1.165) is 46.6 Å². The molecule has 3 aromatic rings. The predicted molar refractivity (Wildman–Crippen MR) is 117 cm³/mol. The zero-order chi connectivity index (χ0) is 20.4. The summed E-state index contributed by atoms with van der Waals surface area (Å²) in [4.78, 5) is 16.8. The molecule has 0 spiro atoms. The Labute approximate surface area is 175 Å². The number of hydrogen-bond acceptors (Lipinski definition) is 3. The molecule has 0 aliphatic carbocycles. The Morgan fingerprint density at radius 1 is 0.966 bits per heavy atom. The first-order valence-corrected chi connectivity index (χ1v) is 10.1. The molecular formula is C22H24ClN5O. The van der Waals surface area contributed by atoms with Crippen molar-refractivity contribution in [2.45, 2.75) is 13.8 Å². The number of hydrogen-bond donors (Lipinski definition) is 1. The molecule has 2 amide bonds. The molecule has 2 heterocycles. The van der Waals surface area contributed by atoms with E-state index in [2.05, 4.69) is 15.3 Å². The average Bonchev–Trinajstić information content (AvgIpc) is 3.06. The fraction of sp³-hybridized carbons (Fsp3) is 0.273. The maximum absolute atomic E-state index is 12.7. The number of carbonyl (C=O) groups excluding carboxylic acids is 1. The van der Waals surface area contributed by atoms with Crippen LogP contribution in [0.2, 0.25) is 5.02 Å². The summed E-state index contributed by atoms with van der Waals surface area (Å²) in [6.45, 7) is 6.87. The van der Waals surface area contributed by atoms with Crippen LogP contribution in [-0.2, 0) is 0 Å². The van der Waals surface area contributed by atoms with Crippen molar-refractivity contribution in [1.82, 2.24) is 14.7 Å². The maximum Gasteiger partial charge on any atom is 0.321 e. The van der Waals surface area contributed by atoms with Crippen LogP contribution in [0.5, 0.6) is 0 Å². The number of rotatable bonds is 3. The lowest BCUT2D eigenvalue weighted by molar-refractivity contribution is 0.208. The first-order chi connectivity index (χ1) is 14.0. The lowest BCUT2D eigenvalue weighted by Gasteiger charge is -2.36. The van der Waals surface area contributed by atoms with E-state index in [-0.39, 0.29) is 6.03 Å². The molecular weight excluding hydrogens is 386 g/mol. The molecule has 1 aliphatic heterocycles. The van der Waals surface area contributed by atoms with Crippen molar-refractivity contribution in [3.8, 4) is 5.69 Å². The Hall–Kier alpha value is -2.99. The summed E-state index contributed by atoms with van der Waals surface area (Å²) in [5, 5.41) is 8.26. The third-order valence-electron chi connectivity index (χ3n) is 5.09. The van der Waals surface area contributed by atoms with Crippen LogP contribution < -0.4 is 10.2 Å². The van der Waals surface area contributed by atoms with Gasteiger partial charge in [0, 0.05) is 48.3 Å². The highest BCUT2D eigenvalue weighted by atomic mass is 35.5. The van der Waals surface area contributed by atoms with E-state index in [0.29, 0.717) is 13.1 Å². The van der Waals surface area contributed by atoms with E-state index >= 15 is 0 Å². The zero-order valence-corrected chi connectivity index (χ0v) is 17.4. The van der Waals surface area contributed by atoms with E-state index < -0.39 is 0 Å². The third kappa shape index (κ3) is 4.38. The van der Waals surface area contributed by atoms with Gasteiger partial charge in [-0.1, -0.05) is 23.7 Å². The van der Waals surface area contributed by atoms with Crippen molar-refractivity contribution in [2.75, 3.05) is 36.4 Å². The van der Waals surface area contributed by atoms with Gasteiger partial charge in [0.25, 0.3) is 0 Å². The Kier molecular flexibility index (Phi) is 5.45. The molecule has 1 saturated heterocycles. The molecule has 4 rings (SSSR count). The summed E-state index contributed by atoms with van der Waals surface area (Å²) < 4.78 is 1.88. The topological polar surface area (TPSA) is 53.4 Å². The first-order valence-electron chi connectivity index (χ1n) is 9.70. The highest BCUT2D eigenvalue weighted by Crippen LogP contribution is 2.21. The number of nitrogens with one attached hydrogen (secondary N) is 1. The Morgan fingerprint density at radius 2 is 1.69 bits per heavy atom. The second-order valence-corrected chi connectivity index (χ2v) is 7.71. The van der Waals surface area contributed by atoms with Crippen LogP contribution in [0.4, 0.5) is 16.2 Å². The van der Waals surface area contributed by atoms with Crippen molar-refractivity contribution >= 4 is 29.0 Å². The smallest absolute Gasteiger partial charge is 0.321 e. The molecule has 0 bridgehead atoms.